The molecule has 0 amide bonds. The highest BCUT2D eigenvalue weighted by Crippen LogP contribution is 2.46. The Morgan fingerprint density at radius 2 is 1.83 bits per heavy atom. The van der Waals surface area contributed by atoms with E-state index in [0.29, 0.717) is 28.4 Å². The summed E-state index contributed by atoms with van der Waals surface area (Å²) in [6.45, 7) is 5.88. The third-order valence-corrected chi connectivity index (χ3v) is 7.11. The number of nitrogens with zero attached hydrogens (tertiary/aromatic N) is 4. The number of pyridine rings is 1. The van der Waals surface area contributed by atoms with E-state index in [2.05, 4.69) is 26.7 Å². The molecule has 1 atom stereocenters. The van der Waals surface area contributed by atoms with Crippen LogP contribution in [0.4, 0.5) is 14.5 Å². The molecule has 5 rings (SSSR count). The second-order valence-electron chi connectivity index (χ2n) is 9.27. The quantitative estimate of drug-likeness (QED) is 0.835. The van der Waals surface area contributed by atoms with Gasteiger partial charge >= 0.3 is 0 Å². The fourth-order valence-corrected chi connectivity index (χ4v) is 5.78. The molecule has 1 aromatic heterocycles. The first-order chi connectivity index (χ1) is 14.4. The fraction of sp³-hybridized carbons (Fsp3) is 0.522. The van der Waals surface area contributed by atoms with Crippen LogP contribution in [-0.4, -0.2) is 72.2 Å². The maximum absolute atomic E-state index is 14.0. The minimum atomic E-state index is -0.513. The maximum Gasteiger partial charge on any atom is 0.143 e. The van der Waals surface area contributed by atoms with Crippen LogP contribution >= 0.6 is 0 Å². The number of phenolic OH excluding ortho intramolecular Hbond substituents is 1. The van der Waals surface area contributed by atoms with E-state index in [1.807, 2.05) is 0 Å². The lowest BCUT2D eigenvalue weighted by Gasteiger charge is -2.47. The second kappa shape index (κ2) is 7.46. The van der Waals surface area contributed by atoms with E-state index in [4.69, 9.17) is 0 Å². The van der Waals surface area contributed by atoms with Crippen molar-refractivity contribution in [2.75, 3.05) is 51.2 Å². The number of piperazine rings is 1. The Morgan fingerprint density at radius 1 is 1.07 bits per heavy atom. The number of anilines is 1. The molecule has 1 saturated carbocycles. The minimum absolute atomic E-state index is 0.185. The molecule has 0 bridgehead atoms. The van der Waals surface area contributed by atoms with Crippen molar-refractivity contribution in [3.8, 4) is 17.0 Å². The first-order valence-electron chi connectivity index (χ1n) is 10.7. The smallest absolute Gasteiger partial charge is 0.143 e. The number of aromatic nitrogens is 1. The van der Waals surface area contributed by atoms with Gasteiger partial charge in [-0.05, 0) is 43.9 Å². The monoisotopic (exact) mass is 414 g/mol. The molecule has 160 valence electrons. The molecule has 30 heavy (non-hydrogen) atoms. The molecule has 0 radical (unpaired) electrons. The Kier molecular flexibility index (Phi) is 4.90. The standard InChI is InChI=1S/C23H28F2N4O/c1-27-14-23(15-27)5-4-18(12-23)28-6-8-29(9-7-28)20-10-17(25)13-26-22(20)19-3-2-16(24)11-21(19)30/h2-3,10-11,13,18,30H,4-9,12,14-15H2,1H3. The number of halogens is 2. The van der Waals surface area contributed by atoms with Crippen LogP contribution in [0.15, 0.2) is 30.5 Å². The predicted octanol–water partition coefficient (Wildman–Crippen LogP) is 3.34. The first kappa shape index (κ1) is 19.7. The third-order valence-electron chi connectivity index (χ3n) is 7.11. The van der Waals surface area contributed by atoms with Crippen LogP contribution in [0.3, 0.4) is 0 Å². The molecule has 1 aliphatic carbocycles. The largest absolute Gasteiger partial charge is 0.507 e. The van der Waals surface area contributed by atoms with E-state index in [0.717, 1.165) is 38.4 Å². The number of phenols is 1. The number of aromatic hydroxyl groups is 1. The van der Waals surface area contributed by atoms with Gasteiger partial charge in [0.15, 0.2) is 0 Å². The van der Waals surface area contributed by atoms with Crippen LogP contribution in [-0.2, 0) is 0 Å². The zero-order valence-corrected chi connectivity index (χ0v) is 17.3. The maximum atomic E-state index is 14.0. The number of hydrogen-bond donors (Lipinski definition) is 1. The molecule has 5 nitrogen and oxygen atoms in total. The SMILES string of the molecule is CN1CC2(CCC(N3CCN(c4cc(F)cnc4-c4ccc(F)cc4O)CC3)C2)C1. The van der Waals surface area contributed by atoms with Gasteiger partial charge in [0.2, 0.25) is 0 Å². The van der Waals surface area contributed by atoms with Crippen LogP contribution in [0.2, 0.25) is 0 Å². The summed E-state index contributed by atoms with van der Waals surface area (Å²) < 4.78 is 27.5. The van der Waals surface area contributed by atoms with Crippen molar-refractivity contribution in [3.05, 3.63) is 42.1 Å². The van der Waals surface area contributed by atoms with Crippen LogP contribution in [0.5, 0.6) is 5.75 Å². The average molecular weight is 415 g/mol. The summed E-state index contributed by atoms with van der Waals surface area (Å²) in [5, 5.41) is 10.2. The van der Waals surface area contributed by atoms with Crippen LogP contribution in [0, 0.1) is 17.0 Å². The van der Waals surface area contributed by atoms with Gasteiger partial charge < -0.3 is 14.9 Å². The van der Waals surface area contributed by atoms with Crippen LogP contribution in [0.1, 0.15) is 19.3 Å². The lowest BCUT2D eigenvalue weighted by Crippen LogP contribution is -2.54. The van der Waals surface area contributed by atoms with Gasteiger partial charge in [0.25, 0.3) is 0 Å². The van der Waals surface area contributed by atoms with Gasteiger partial charge in [0.1, 0.15) is 17.4 Å². The van der Waals surface area contributed by atoms with Gasteiger partial charge in [-0.15, -0.1) is 0 Å². The molecular formula is C23H28F2N4O. The molecule has 3 heterocycles. The summed E-state index contributed by atoms with van der Waals surface area (Å²) >= 11 is 0. The average Bonchev–Trinajstić information content (AvgIpc) is 3.14. The molecule has 2 saturated heterocycles. The molecule has 7 heteroatoms. The Balaban J connectivity index is 1.31. The molecule has 3 aliphatic rings. The topological polar surface area (TPSA) is 42.8 Å². The summed E-state index contributed by atoms with van der Waals surface area (Å²) in [5.41, 5.74) is 2.09. The normalized spacial score (nSPS) is 24.4. The Bertz CT molecular complexity index is 939. The molecule has 1 spiro atoms. The van der Waals surface area contributed by atoms with E-state index < -0.39 is 11.6 Å². The van der Waals surface area contributed by atoms with Gasteiger partial charge in [-0.25, -0.2) is 8.78 Å². The van der Waals surface area contributed by atoms with Gasteiger partial charge in [-0.2, -0.15) is 0 Å². The molecule has 2 aliphatic heterocycles. The molecule has 1 aromatic carbocycles. The number of benzene rings is 1. The van der Waals surface area contributed by atoms with E-state index in [9.17, 15) is 13.9 Å². The van der Waals surface area contributed by atoms with E-state index >= 15 is 0 Å². The van der Waals surface area contributed by atoms with Gasteiger partial charge in [0, 0.05) is 63.0 Å². The van der Waals surface area contributed by atoms with Crippen molar-refractivity contribution in [3.63, 3.8) is 0 Å². The predicted molar refractivity (Wildman–Crippen MR) is 113 cm³/mol. The first-order valence-corrected chi connectivity index (χ1v) is 10.7. The molecule has 1 unspecified atom stereocenters. The highest BCUT2D eigenvalue weighted by Gasteiger charge is 2.48. The van der Waals surface area contributed by atoms with Crippen molar-refractivity contribution in [1.82, 2.24) is 14.8 Å². The Labute approximate surface area is 175 Å². The van der Waals surface area contributed by atoms with Crippen molar-refractivity contribution >= 4 is 5.69 Å². The zero-order chi connectivity index (χ0) is 20.9. The highest BCUT2D eigenvalue weighted by molar-refractivity contribution is 5.79. The molecule has 2 aromatic rings. The summed E-state index contributed by atoms with van der Waals surface area (Å²) in [4.78, 5) is 11.4. The van der Waals surface area contributed by atoms with E-state index in [1.165, 1.54) is 50.6 Å². The molecule has 1 N–H and O–H groups in total. The minimum Gasteiger partial charge on any atom is -0.507 e. The van der Waals surface area contributed by atoms with Crippen LogP contribution < -0.4 is 4.90 Å². The van der Waals surface area contributed by atoms with Crippen molar-refractivity contribution in [2.45, 2.75) is 25.3 Å². The third kappa shape index (κ3) is 3.54. The lowest BCUT2D eigenvalue weighted by molar-refractivity contribution is 0.0204. The molecule has 3 fully saturated rings. The van der Waals surface area contributed by atoms with Crippen LogP contribution in [0.25, 0.3) is 11.3 Å². The fourth-order valence-electron chi connectivity index (χ4n) is 5.78. The Hall–Kier alpha value is -2.25. The van der Waals surface area contributed by atoms with Crippen molar-refractivity contribution in [1.29, 1.82) is 0 Å². The molecular weight excluding hydrogens is 386 g/mol. The summed E-state index contributed by atoms with van der Waals surface area (Å²) in [5.74, 6) is -1.11. The number of hydrogen-bond acceptors (Lipinski definition) is 5. The lowest BCUT2D eigenvalue weighted by atomic mass is 9.78. The van der Waals surface area contributed by atoms with Crippen molar-refractivity contribution < 1.29 is 13.9 Å². The summed E-state index contributed by atoms with van der Waals surface area (Å²) in [6.07, 6.45) is 5.02. The Morgan fingerprint density at radius 3 is 2.53 bits per heavy atom. The van der Waals surface area contributed by atoms with Gasteiger partial charge in [-0.3, -0.25) is 9.88 Å². The van der Waals surface area contributed by atoms with Gasteiger partial charge in [0.05, 0.1) is 17.6 Å². The van der Waals surface area contributed by atoms with Gasteiger partial charge in [-0.1, -0.05) is 0 Å². The van der Waals surface area contributed by atoms with Crippen molar-refractivity contribution in [2.24, 2.45) is 5.41 Å². The second-order valence-corrected chi connectivity index (χ2v) is 9.27. The number of rotatable bonds is 3. The highest BCUT2D eigenvalue weighted by atomic mass is 19.1. The van der Waals surface area contributed by atoms with E-state index in [1.54, 1.807) is 0 Å². The summed E-state index contributed by atoms with van der Waals surface area (Å²) in [7, 11) is 2.20. The van der Waals surface area contributed by atoms with E-state index in [-0.39, 0.29) is 5.75 Å². The number of likely N-dealkylation sites (tertiary alicyclic amines) is 1. The summed E-state index contributed by atoms with van der Waals surface area (Å²) in [6, 6.07) is 5.96. The zero-order valence-electron chi connectivity index (χ0n) is 17.3.